The van der Waals surface area contributed by atoms with Crippen LogP contribution in [0.1, 0.15) is 25.0 Å². The van der Waals surface area contributed by atoms with E-state index in [-0.39, 0.29) is 0 Å². The lowest BCUT2D eigenvalue weighted by atomic mass is 10.1. The lowest BCUT2D eigenvalue weighted by Gasteiger charge is -2.20. The molecule has 0 spiro atoms. The van der Waals surface area contributed by atoms with E-state index in [1.807, 2.05) is 19.9 Å². The Morgan fingerprint density at radius 1 is 1.24 bits per heavy atom. The first-order valence-electron chi connectivity index (χ1n) is 5.77. The lowest BCUT2D eigenvalue weighted by molar-refractivity contribution is 0.445. The monoisotopic (exact) mass is 256 g/mol. The first-order chi connectivity index (χ1) is 7.97. The van der Waals surface area contributed by atoms with E-state index in [4.69, 9.17) is 5.73 Å². The molecule has 0 aromatic heterocycles. The summed E-state index contributed by atoms with van der Waals surface area (Å²) in [5, 5.41) is 0. The van der Waals surface area contributed by atoms with E-state index >= 15 is 0 Å². The quantitative estimate of drug-likeness (QED) is 0.868. The third-order valence-corrected chi connectivity index (χ3v) is 5.00. The predicted molar refractivity (Wildman–Crippen MR) is 69.2 cm³/mol. The van der Waals surface area contributed by atoms with Crippen molar-refractivity contribution in [1.82, 2.24) is 4.31 Å². The zero-order valence-corrected chi connectivity index (χ0v) is 11.4. The number of hydrogen-bond acceptors (Lipinski definition) is 3. The Bertz CT molecular complexity index is 479. The van der Waals surface area contributed by atoms with Gasteiger partial charge in [-0.3, -0.25) is 0 Å². The number of aryl methyl sites for hydroxylation is 1. The molecule has 0 amide bonds. The van der Waals surface area contributed by atoms with Crippen LogP contribution in [0, 0.1) is 6.92 Å². The second kappa shape index (κ2) is 5.62. The van der Waals surface area contributed by atoms with Crippen molar-refractivity contribution in [3.63, 3.8) is 0 Å². The van der Waals surface area contributed by atoms with Gasteiger partial charge in [-0.05, 0) is 24.1 Å². The maximum Gasteiger partial charge on any atom is 0.243 e. The van der Waals surface area contributed by atoms with Gasteiger partial charge in [-0.15, -0.1) is 0 Å². The van der Waals surface area contributed by atoms with Gasteiger partial charge in [0.1, 0.15) is 0 Å². The number of sulfonamides is 1. The minimum absolute atomic E-state index is 0.348. The van der Waals surface area contributed by atoms with Gasteiger partial charge < -0.3 is 5.73 Å². The predicted octanol–water partition coefficient (Wildman–Crippen LogP) is 1.48. The van der Waals surface area contributed by atoms with Gasteiger partial charge in [0, 0.05) is 19.6 Å². The largest absolute Gasteiger partial charge is 0.326 e. The van der Waals surface area contributed by atoms with Crippen LogP contribution in [-0.2, 0) is 16.6 Å². The number of rotatable bonds is 5. The second-order valence-corrected chi connectivity index (χ2v) is 5.80. The summed E-state index contributed by atoms with van der Waals surface area (Å²) < 4.78 is 26.2. The summed E-state index contributed by atoms with van der Waals surface area (Å²) in [5.74, 6) is 0. The van der Waals surface area contributed by atoms with Gasteiger partial charge in [-0.1, -0.05) is 26.0 Å². The molecule has 2 N–H and O–H groups in total. The SMILES string of the molecule is CCN(CC)S(=O)(=O)c1cc(CN)ccc1C. The molecule has 0 saturated heterocycles. The maximum absolute atomic E-state index is 12.4. The zero-order valence-electron chi connectivity index (χ0n) is 10.6. The summed E-state index contributed by atoms with van der Waals surface area (Å²) >= 11 is 0. The Labute approximate surface area is 103 Å². The van der Waals surface area contributed by atoms with E-state index in [0.717, 1.165) is 11.1 Å². The van der Waals surface area contributed by atoms with Crippen molar-refractivity contribution in [1.29, 1.82) is 0 Å². The molecule has 0 bridgehead atoms. The minimum Gasteiger partial charge on any atom is -0.326 e. The van der Waals surface area contributed by atoms with Crippen molar-refractivity contribution in [3.05, 3.63) is 29.3 Å². The van der Waals surface area contributed by atoms with Gasteiger partial charge in [0.2, 0.25) is 10.0 Å². The summed E-state index contributed by atoms with van der Waals surface area (Å²) in [5.41, 5.74) is 7.14. The Morgan fingerprint density at radius 3 is 2.29 bits per heavy atom. The smallest absolute Gasteiger partial charge is 0.243 e. The highest BCUT2D eigenvalue weighted by atomic mass is 32.2. The number of benzene rings is 1. The van der Waals surface area contributed by atoms with Crippen LogP contribution in [0.5, 0.6) is 0 Å². The molecule has 0 fully saturated rings. The molecule has 17 heavy (non-hydrogen) atoms. The fraction of sp³-hybridized carbons (Fsp3) is 0.500. The minimum atomic E-state index is -3.39. The number of nitrogens with two attached hydrogens (primary N) is 1. The lowest BCUT2D eigenvalue weighted by Crippen LogP contribution is -2.31. The fourth-order valence-corrected chi connectivity index (χ4v) is 3.49. The van der Waals surface area contributed by atoms with Crippen LogP contribution in [0.2, 0.25) is 0 Å². The topological polar surface area (TPSA) is 63.4 Å². The van der Waals surface area contributed by atoms with E-state index in [1.54, 1.807) is 19.1 Å². The van der Waals surface area contributed by atoms with Crippen LogP contribution < -0.4 is 5.73 Å². The molecular weight excluding hydrogens is 236 g/mol. The van der Waals surface area contributed by atoms with Crippen LogP contribution in [0.25, 0.3) is 0 Å². The summed E-state index contributed by atoms with van der Waals surface area (Å²) in [7, 11) is -3.39. The molecule has 1 aromatic carbocycles. The third kappa shape index (κ3) is 2.86. The van der Waals surface area contributed by atoms with Crippen molar-refractivity contribution in [3.8, 4) is 0 Å². The molecule has 1 aromatic rings. The van der Waals surface area contributed by atoms with Crippen LogP contribution in [0.15, 0.2) is 23.1 Å². The van der Waals surface area contributed by atoms with Crippen LogP contribution >= 0.6 is 0 Å². The standard InChI is InChI=1S/C12H20N2O2S/c1-4-14(5-2)17(15,16)12-8-11(9-13)7-6-10(12)3/h6-8H,4-5,9,13H2,1-3H3. The van der Waals surface area contributed by atoms with E-state index in [1.165, 1.54) is 4.31 Å². The average molecular weight is 256 g/mol. The molecule has 0 heterocycles. The summed E-state index contributed by atoms with van der Waals surface area (Å²) in [4.78, 5) is 0.365. The Kier molecular flexibility index (Phi) is 4.68. The van der Waals surface area contributed by atoms with E-state index < -0.39 is 10.0 Å². The van der Waals surface area contributed by atoms with Crippen molar-refractivity contribution in [2.75, 3.05) is 13.1 Å². The second-order valence-electron chi connectivity index (χ2n) is 3.89. The Morgan fingerprint density at radius 2 is 1.82 bits per heavy atom. The molecule has 0 aliphatic rings. The van der Waals surface area contributed by atoms with Gasteiger partial charge in [0.15, 0.2) is 0 Å². The normalized spacial score (nSPS) is 12.1. The molecule has 0 aliphatic heterocycles. The molecule has 4 nitrogen and oxygen atoms in total. The highest BCUT2D eigenvalue weighted by Gasteiger charge is 2.23. The average Bonchev–Trinajstić information content (AvgIpc) is 2.30. The Balaban J connectivity index is 3.31. The molecule has 0 aliphatic carbocycles. The first kappa shape index (κ1) is 14.2. The highest BCUT2D eigenvalue weighted by molar-refractivity contribution is 7.89. The first-order valence-corrected chi connectivity index (χ1v) is 7.21. The summed E-state index contributed by atoms with van der Waals surface area (Å²) in [6.45, 7) is 6.78. The zero-order chi connectivity index (χ0) is 13.1. The molecule has 0 atom stereocenters. The van der Waals surface area contributed by atoms with E-state index in [2.05, 4.69) is 0 Å². The Hall–Kier alpha value is -0.910. The highest BCUT2D eigenvalue weighted by Crippen LogP contribution is 2.21. The number of nitrogens with zero attached hydrogens (tertiary/aromatic N) is 1. The fourth-order valence-electron chi connectivity index (χ4n) is 1.75. The van der Waals surface area contributed by atoms with Gasteiger partial charge in [0.05, 0.1) is 4.90 Å². The van der Waals surface area contributed by atoms with Crippen molar-refractivity contribution < 1.29 is 8.42 Å². The summed E-state index contributed by atoms with van der Waals surface area (Å²) in [6, 6.07) is 5.33. The number of hydrogen-bond donors (Lipinski definition) is 1. The molecule has 96 valence electrons. The third-order valence-electron chi connectivity index (χ3n) is 2.81. The molecule has 0 saturated carbocycles. The molecule has 5 heteroatoms. The van der Waals surface area contributed by atoms with Crippen molar-refractivity contribution in [2.45, 2.75) is 32.2 Å². The van der Waals surface area contributed by atoms with Crippen molar-refractivity contribution >= 4 is 10.0 Å². The summed E-state index contributed by atoms with van der Waals surface area (Å²) in [6.07, 6.45) is 0. The van der Waals surface area contributed by atoms with Gasteiger partial charge in [-0.2, -0.15) is 4.31 Å². The van der Waals surface area contributed by atoms with Gasteiger partial charge in [0.25, 0.3) is 0 Å². The van der Waals surface area contributed by atoms with Crippen LogP contribution in [0.3, 0.4) is 0 Å². The molecule has 1 rings (SSSR count). The van der Waals surface area contributed by atoms with Crippen molar-refractivity contribution in [2.24, 2.45) is 5.73 Å². The van der Waals surface area contributed by atoms with Gasteiger partial charge >= 0.3 is 0 Å². The molecule has 0 unspecified atom stereocenters. The van der Waals surface area contributed by atoms with E-state index in [9.17, 15) is 8.42 Å². The maximum atomic E-state index is 12.4. The molecular formula is C12H20N2O2S. The van der Waals surface area contributed by atoms with E-state index in [0.29, 0.717) is 24.5 Å². The van der Waals surface area contributed by atoms with Crippen LogP contribution in [-0.4, -0.2) is 25.8 Å². The van der Waals surface area contributed by atoms with Gasteiger partial charge in [-0.25, -0.2) is 8.42 Å². The van der Waals surface area contributed by atoms with Crippen LogP contribution in [0.4, 0.5) is 0 Å². The molecule has 0 radical (unpaired) electrons.